The average Bonchev–Trinajstić information content (AvgIpc) is 3.20. The lowest BCUT2D eigenvalue weighted by molar-refractivity contribution is 0.102. The number of carbonyl (C=O) groups is 1. The van der Waals surface area contributed by atoms with Crippen molar-refractivity contribution in [1.82, 2.24) is 20.2 Å². The predicted molar refractivity (Wildman–Crippen MR) is 97.8 cm³/mol. The zero-order valence-corrected chi connectivity index (χ0v) is 14.1. The molecule has 2 heterocycles. The molecule has 2 aromatic heterocycles. The number of benzene rings is 2. The van der Waals surface area contributed by atoms with Crippen LogP contribution in [0.3, 0.4) is 0 Å². The number of carbonyl (C=O) groups excluding carboxylic acids is 1. The van der Waals surface area contributed by atoms with Crippen LogP contribution < -0.4 is 5.32 Å². The quantitative estimate of drug-likeness (QED) is 0.517. The number of aromatic amines is 2. The van der Waals surface area contributed by atoms with Gasteiger partial charge in [0.25, 0.3) is 5.91 Å². The topological polar surface area (TPSA) is 86.5 Å². The monoisotopic (exact) mass is 351 g/mol. The van der Waals surface area contributed by atoms with E-state index in [0.717, 1.165) is 16.6 Å². The number of imidazole rings is 1. The summed E-state index contributed by atoms with van der Waals surface area (Å²) in [5.41, 5.74) is 4.05. The van der Waals surface area contributed by atoms with Crippen LogP contribution in [0.25, 0.3) is 22.6 Å². The number of rotatable bonds is 3. The molecule has 1 amide bonds. The van der Waals surface area contributed by atoms with Crippen molar-refractivity contribution < 1.29 is 4.79 Å². The Labute approximate surface area is 148 Å². The van der Waals surface area contributed by atoms with Gasteiger partial charge in [0.1, 0.15) is 0 Å². The number of H-pyrrole nitrogens is 2. The van der Waals surface area contributed by atoms with Gasteiger partial charge in [0.2, 0.25) is 0 Å². The molecule has 4 aromatic rings. The largest absolute Gasteiger partial charge is 0.337 e. The number of anilines is 1. The highest BCUT2D eigenvalue weighted by Crippen LogP contribution is 2.27. The van der Waals surface area contributed by atoms with Gasteiger partial charge in [-0.3, -0.25) is 9.89 Å². The Morgan fingerprint density at radius 1 is 1.16 bits per heavy atom. The van der Waals surface area contributed by atoms with E-state index in [0.29, 0.717) is 27.8 Å². The van der Waals surface area contributed by atoms with E-state index >= 15 is 0 Å². The van der Waals surface area contributed by atoms with E-state index in [1.54, 1.807) is 12.3 Å². The minimum atomic E-state index is -0.290. The van der Waals surface area contributed by atoms with Crippen LogP contribution in [-0.2, 0) is 0 Å². The summed E-state index contributed by atoms with van der Waals surface area (Å²) in [6.45, 7) is 1.84. The first-order valence-corrected chi connectivity index (χ1v) is 8.06. The van der Waals surface area contributed by atoms with Gasteiger partial charge in [0, 0.05) is 6.20 Å². The van der Waals surface area contributed by atoms with E-state index in [-0.39, 0.29) is 5.91 Å². The van der Waals surface area contributed by atoms with Crippen molar-refractivity contribution in [1.29, 1.82) is 0 Å². The van der Waals surface area contributed by atoms with Crippen LogP contribution in [0.5, 0.6) is 0 Å². The van der Waals surface area contributed by atoms with Crippen LogP contribution in [0, 0.1) is 6.92 Å². The van der Waals surface area contributed by atoms with Gasteiger partial charge in [-0.1, -0.05) is 35.9 Å². The summed E-state index contributed by atoms with van der Waals surface area (Å²) in [7, 11) is 0. The van der Waals surface area contributed by atoms with Crippen molar-refractivity contribution in [2.24, 2.45) is 0 Å². The lowest BCUT2D eigenvalue weighted by Gasteiger charge is -2.08. The second-order valence-electron chi connectivity index (χ2n) is 5.64. The molecule has 0 unspecified atom stereocenters. The van der Waals surface area contributed by atoms with Gasteiger partial charge in [0.15, 0.2) is 11.5 Å². The highest BCUT2D eigenvalue weighted by Gasteiger charge is 2.18. The van der Waals surface area contributed by atoms with Gasteiger partial charge in [-0.15, -0.1) is 0 Å². The number of hydrogen-bond acceptors (Lipinski definition) is 3. The minimum Gasteiger partial charge on any atom is -0.337 e. The van der Waals surface area contributed by atoms with Crippen LogP contribution in [0.1, 0.15) is 15.9 Å². The first-order chi connectivity index (χ1) is 12.1. The van der Waals surface area contributed by atoms with Crippen LogP contribution in [0.2, 0.25) is 5.02 Å². The molecule has 6 nitrogen and oxygen atoms in total. The molecule has 0 saturated carbocycles. The van der Waals surface area contributed by atoms with E-state index in [1.165, 1.54) is 0 Å². The number of para-hydroxylation sites is 2. The summed E-state index contributed by atoms with van der Waals surface area (Å²) < 4.78 is 0. The number of aryl methyl sites for hydroxylation is 1. The molecule has 0 aliphatic carbocycles. The number of nitrogens with one attached hydrogen (secondary N) is 3. The van der Waals surface area contributed by atoms with Gasteiger partial charge < -0.3 is 10.3 Å². The molecule has 0 atom stereocenters. The molecule has 0 spiro atoms. The maximum atomic E-state index is 12.6. The summed E-state index contributed by atoms with van der Waals surface area (Å²) in [6.07, 6.45) is 1.62. The fourth-order valence-corrected chi connectivity index (χ4v) is 3.04. The van der Waals surface area contributed by atoms with Gasteiger partial charge in [-0.05, 0) is 30.7 Å². The molecule has 2 aromatic carbocycles. The van der Waals surface area contributed by atoms with Crippen LogP contribution in [0.15, 0.2) is 48.7 Å². The number of aromatic nitrogens is 4. The Balaban J connectivity index is 1.69. The molecule has 0 aliphatic heterocycles. The predicted octanol–water partition coefficient (Wildman–Crippen LogP) is 4.17. The maximum absolute atomic E-state index is 12.6. The van der Waals surface area contributed by atoms with E-state index in [4.69, 9.17) is 11.6 Å². The Kier molecular flexibility index (Phi) is 3.74. The number of halogens is 1. The molecular formula is C18H14ClN5O. The SMILES string of the molecule is Cc1cccc(Cl)c1C(=O)Nc1c[nH]nc1-c1nc2ccccc2[nH]1. The van der Waals surface area contributed by atoms with Crippen molar-refractivity contribution in [2.75, 3.05) is 5.32 Å². The molecule has 124 valence electrons. The standard InChI is InChI=1S/C18H14ClN5O/c1-10-5-4-6-11(19)15(10)18(25)23-14-9-20-24-16(14)17-21-12-7-2-3-8-13(12)22-17/h2-9H,1H3,(H,20,24)(H,21,22)(H,23,25). The summed E-state index contributed by atoms with van der Waals surface area (Å²) in [4.78, 5) is 20.4. The fourth-order valence-electron chi connectivity index (χ4n) is 2.74. The third-order valence-corrected chi connectivity index (χ3v) is 4.27. The molecule has 25 heavy (non-hydrogen) atoms. The minimum absolute atomic E-state index is 0.290. The fraction of sp³-hybridized carbons (Fsp3) is 0.0556. The van der Waals surface area contributed by atoms with Gasteiger partial charge in [-0.25, -0.2) is 4.98 Å². The molecular weight excluding hydrogens is 338 g/mol. The highest BCUT2D eigenvalue weighted by atomic mass is 35.5. The Bertz CT molecular complexity index is 1030. The van der Waals surface area contributed by atoms with E-state index in [2.05, 4.69) is 25.5 Å². The molecule has 3 N–H and O–H groups in total. The summed E-state index contributed by atoms with van der Waals surface area (Å²) >= 11 is 6.17. The number of nitrogens with zero attached hydrogens (tertiary/aromatic N) is 2. The van der Waals surface area contributed by atoms with Crippen molar-refractivity contribution in [2.45, 2.75) is 6.92 Å². The number of fused-ring (bicyclic) bond motifs is 1. The third-order valence-electron chi connectivity index (χ3n) is 3.95. The molecule has 0 fully saturated rings. The smallest absolute Gasteiger partial charge is 0.257 e. The van der Waals surface area contributed by atoms with Crippen molar-refractivity contribution in [3.8, 4) is 11.5 Å². The third kappa shape index (κ3) is 2.77. The Morgan fingerprint density at radius 3 is 2.80 bits per heavy atom. The Hall–Kier alpha value is -3.12. The first kappa shape index (κ1) is 15.4. The molecule has 0 radical (unpaired) electrons. The van der Waals surface area contributed by atoms with E-state index in [9.17, 15) is 4.79 Å². The van der Waals surface area contributed by atoms with Crippen molar-refractivity contribution >= 4 is 34.2 Å². The number of hydrogen-bond donors (Lipinski definition) is 3. The van der Waals surface area contributed by atoms with Crippen LogP contribution >= 0.6 is 11.6 Å². The number of amides is 1. The lowest BCUT2D eigenvalue weighted by Crippen LogP contribution is -2.14. The summed E-state index contributed by atoms with van der Waals surface area (Å²) in [6, 6.07) is 13.0. The average molecular weight is 352 g/mol. The van der Waals surface area contributed by atoms with Crippen LogP contribution in [0.4, 0.5) is 5.69 Å². The van der Waals surface area contributed by atoms with Gasteiger partial charge in [-0.2, -0.15) is 5.10 Å². The van der Waals surface area contributed by atoms with E-state index < -0.39 is 0 Å². The van der Waals surface area contributed by atoms with Gasteiger partial charge >= 0.3 is 0 Å². The van der Waals surface area contributed by atoms with E-state index in [1.807, 2.05) is 43.3 Å². The molecule has 0 bridgehead atoms. The molecule has 4 rings (SSSR count). The normalized spacial score (nSPS) is 11.0. The van der Waals surface area contributed by atoms with Crippen LogP contribution in [-0.4, -0.2) is 26.1 Å². The summed E-state index contributed by atoms with van der Waals surface area (Å²) in [5.74, 6) is 0.287. The van der Waals surface area contributed by atoms with Crippen molar-refractivity contribution in [3.05, 3.63) is 64.8 Å². The van der Waals surface area contributed by atoms with Gasteiger partial charge in [0.05, 0.1) is 27.3 Å². The molecule has 7 heteroatoms. The molecule has 0 saturated heterocycles. The first-order valence-electron chi connectivity index (χ1n) is 7.69. The van der Waals surface area contributed by atoms with Crippen molar-refractivity contribution in [3.63, 3.8) is 0 Å². The maximum Gasteiger partial charge on any atom is 0.257 e. The second-order valence-corrected chi connectivity index (χ2v) is 6.04. The lowest BCUT2D eigenvalue weighted by atomic mass is 10.1. The second kappa shape index (κ2) is 6.07. The highest BCUT2D eigenvalue weighted by molar-refractivity contribution is 6.34. The zero-order valence-electron chi connectivity index (χ0n) is 13.3. The molecule has 0 aliphatic rings. The zero-order chi connectivity index (χ0) is 17.4. The Morgan fingerprint density at radius 2 is 2.00 bits per heavy atom. The summed E-state index contributed by atoms with van der Waals surface area (Å²) in [5, 5.41) is 10.2.